The lowest BCUT2D eigenvalue weighted by atomic mass is 10.2. The minimum atomic E-state index is -0.127. The summed E-state index contributed by atoms with van der Waals surface area (Å²) in [6.45, 7) is 2.87. The summed E-state index contributed by atoms with van der Waals surface area (Å²) < 4.78 is 0. The van der Waals surface area contributed by atoms with E-state index in [1.807, 2.05) is 24.3 Å². The molecule has 1 aromatic carbocycles. The van der Waals surface area contributed by atoms with E-state index in [4.69, 9.17) is 0 Å². The molecule has 1 N–H and O–H groups in total. The molecular weight excluding hydrogens is 286 g/mol. The van der Waals surface area contributed by atoms with Crippen LogP contribution in [0.5, 0.6) is 0 Å². The van der Waals surface area contributed by atoms with Crippen molar-refractivity contribution in [2.45, 2.75) is 12.8 Å². The lowest BCUT2D eigenvalue weighted by molar-refractivity contribution is -0.116. The van der Waals surface area contributed by atoms with Crippen LogP contribution in [0.25, 0.3) is 0 Å². The number of para-hydroxylation sites is 2. The number of hydrogen-bond acceptors (Lipinski definition) is 4. The van der Waals surface area contributed by atoms with E-state index in [1.165, 1.54) is 24.6 Å². The quantitative estimate of drug-likeness (QED) is 0.928. The number of benzene rings is 1. The van der Waals surface area contributed by atoms with Crippen molar-refractivity contribution in [3.8, 4) is 0 Å². The van der Waals surface area contributed by atoms with Crippen LogP contribution in [0.4, 0.5) is 16.2 Å². The van der Waals surface area contributed by atoms with E-state index in [0.29, 0.717) is 6.54 Å². The van der Waals surface area contributed by atoms with Gasteiger partial charge in [0, 0.05) is 25.4 Å². The lowest BCUT2D eigenvalue weighted by Crippen LogP contribution is -2.33. The Balaban J connectivity index is 1.66. The maximum atomic E-state index is 12.1. The number of amides is 2. The summed E-state index contributed by atoms with van der Waals surface area (Å²) in [6.07, 6.45) is 2.39. The predicted molar refractivity (Wildman–Crippen MR) is 85.9 cm³/mol. The van der Waals surface area contributed by atoms with E-state index in [1.54, 1.807) is 4.90 Å². The molecule has 112 valence electrons. The second-order valence-corrected chi connectivity index (χ2v) is 6.34. The molecule has 0 bridgehead atoms. The van der Waals surface area contributed by atoms with Gasteiger partial charge >= 0.3 is 0 Å². The van der Waals surface area contributed by atoms with Crippen LogP contribution in [0.1, 0.15) is 12.8 Å². The van der Waals surface area contributed by atoms with Gasteiger partial charge in [-0.15, -0.1) is 0 Å². The van der Waals surface area contributed by atoms with Gasteiger partial charge in [-0.25, -0.2) is 0 Å². The van der Waals surface area contributed by atoms with Crippen molar-refractivity contribution in [3.63, 3.8) is 0 Å². The maximum absolute atomic E-state index is 12.1. The highest BCUT2D eigenvalue weighted by atomic mass is 32.2. The Morgan fingerprint density at radius 3 is 2.67 bits per heavy atom. The minimum absolute atomic E-state index is 0.00187. The van der Waals surface area contributed by atoms with Gasteiger partial charge in [0.05, 0.1) is 11.4 Å². The third kappa shape index (κ3) is 3.32. The van der Waals surface area contributed by atoms with Gasteiger partial charge in [0.15, 0.2) is 0 Å². The summed E-state index contributed by atoms with van der Waals surface area (Å²) in [5, 5.41) is 2.95. The molecule has 2 saturated heterocycles. The summed E-state index contributed by atoms with van der Waals surface area (Å²) in [5.74, 6) is 0.647. The third-order valence-electron chi connectivity index (χ3n) is 3.80. The molecule has 0 saturated carbocycles. The molecule has 5 nitrogen and oxygen atoms in total. The Hall–Kier alpha value is -1.69. The SMILES string of the molecule is O=C(CN1CCSC1=O)Nc1ccccc1N1CCCC1. The van der Waals surface area contributed by atoms with Gasteiger partial charge in [0.1, 0.15) is 6.54 Å². The van der Waals surface area contributed by atoms with Gasteiger partial charge in [0.2, 0.25) is 5.91 Å². The summed E-state index contributed by atoms with van der Waals surface area (Å²) in [6, 6.07) is 7.87. The highest BCUT2D eigenvalue weighted by Crippen LogP contribution is 2.28. The van der Waals surface area contributed by atoms with Crippen LogP contribution in [0.15, 0.2) is 24.3 Å². The fourth-order valence-electron chi connectivity index (χ4n) is 2.75. The normalized spacial score (nSPS) is 18.4. The fourth-order valence-corrected chi connectivity index (χ4v) is 3.57. The lowest BCUT2D eigenvalue weighted by Gasteiger charge is -2.22. The van der Waals surface area contributed by atoms with Crippen molar-refractivity contribution in [2.75, 3.05) is 42.1 Å². The topological polar surface area (TPSA) is 52.7 Å². The molecule has 0 aromatic heterocycles. The van der Waals surface area contributed by atoms with Crippen LogP contribution in [0.2, 0.25) is 0 Å². The molecule has 0 unspecified atom stereocenters. The molecular formula is C15H19N3O2S. The van der Waals surface area contributed by atoms with Crippen LogP contribution < -0.4 is 10.2 Å². The average molecular weight is 305 g/mol. The molecule has 1 aromatic rings. The standard InChI is InChI=1S/C15H19N3O2S/c19-14(11-18-9-10-21-15(18)20)16-12-5-1-2-6-13(12)17-7-3-4-8-17/h1-2,5-6H,3-4,7-11H2,(H,16,19). The van der Waals surface area contributed by atoms with Crippen molar-refractivity contribution in [2.24, 2.45) is 0 Å². The van der Waals surface area contributed by atoms with Gasteiger partial charge in [-0.3, -0.25) is 9.59 Å². The van der Waals surface area contributed by atoms with E-state index >= 15 is 0 Å². The van der Waals surface area contributed by atoms with Crippen LogP contribution in [-0.4, -0.2) is 48.0 Å². The Labute approximate surface area is 128 Å². The first-order chi connectivity index (χ1) is 10.2. The van der Waals surface area contributed by atoms with Crippen LogP contribution >= 0.6 is 11.8 Å². The van der Waals surface area contributed by atoms with Crippen LogP contribution in [0.3, 0.4) is 0 Å². The van der Waals surface area contributed by atoms with E-state index in [0.717, 1.165) is 30.2 Å². The summed E-state index contributed by atoms with van der Waals surface area (Å²) in [7, 11) is 0. The average Bonchev–Trinajstić information content (AvgIpc) is 3.12. The molecule has 6 heteroatoms. The second kappa shape index (κ2) is 6.39. The zero-order valence-corrected chi connectivity index (χ0v) is 12.7. The maximum Gasteiger partial charge on any atom is 0.282 e. The molecule has 0 radical (unpaired) electrons. The molecule has 2 heterocycles. The molecule has 0 aliphatic carbocycles. The first kappa shape index (κ1) is 14.3. The number of anilines is 2. The molecule has 2 fully saturated rings. The Bertz CT molecular complexity index is 543. The number of carbonyl (C=O) groups is 2. The zero-order valence-electron chi connectivity index (χ0n) is 11.9. The van der Waals surface area contributed by atoms with Crippen molar-refractivity contribution in [1.82, 2.24) is 4.90 Å². The van der Waals surface area contributed by atoms with Crippen molar-refractivity contribution in [1.29, 1.82) is 0 Å². The number of rotatable bonds is 4. The van der Waals surface area contributed by atoms with Gasteiger partial charge in [-0.2, -0.15) is 0 Å². The number of thioether (sulfide) groups is 1. The van der Waals surface area contributed by atoms with Crippen LogP contribution in [-0.2, 0) is 4.79 Å². The number of carbonyl (C=O) groups excluding carboxylic acids is 2. The van der Waals surface area contributed by atoms with Crippen molar-refractivity contribution < 1.29 is 9.59 Å². The monoisotopic (exact) mass is 305 g/mol. The molecule has 2 aliphatic rings. The molecule has 0 atom stereocenters. The summed E-state index contributed by atoms with van der Waals surface area (Å²) in [5.41, 5.74) is 1.91. The van der Waals surface area contributed by atoms with Gasteiger partial charge in [0.25, 0.3) is 5.24 Å². The Morgan fingerprint density at radius 1 is 1.19 bits per heavy atom. The second-order valence-electron chi connectivity index (χ2n) is 5.30. The van der Waals surface area contributed by atoms with Crippen molar-refractivity contribution in [3.05, 3.63) is 24.3 Å². The Morgan fingerprint density at radius 2 is 1.95 bits per heavy atom. The van der Waals surface area contributed by atoms with Crippen molar-refractivity contribution >= 4 is 34.3 Å². The molecule has 3 rings (SSSR count). The number of nitrogens with zero attached hydrogens (tertiary/aromatic N) is 2. The molecule has 2 aliphatic heterocycles. The fraction of sp³-hybridized carbons (Fsp3) is 0.467. The highest BCUT2D eigenvalue weighted by molar-refractivity contribution is 8.13. The molecule has 0 spiro atoms. The summed E-state index contributed by atoms with van der Waals surface area (Å²) in [4.78, 5) is 27.6. The summed E-state index contributed by atoms with van der Waals surface area (Å²) >= 11 is 1.28. The first-order valence-electron chi connectivity index (χ1n) is 7.29. The molecule has 21 heavy (non-hydrogen) atoms. The smallest absolute Gasteiger partial charge is 0.282 e. The van der Waals surface area contributed by atoms with E-state index < -0.39 is 0 Å². The molecule has 2 amide bonds. The van der Waals surface area contributed by atoms with E-state index in [9.17, 15) is 9.59 Å². The largest absolute Gasteiger partial charge is 0.370 e. The van der Waals surface area contributed by atoms with Crippen LogP contribution in [0, 0.1) is 0 Å². The van der Waals surface area contributed by atoms with E-state index in [-0.39, 0.29) is 17.7 Å². The number of nitrogens with one attached hydrogen (secondary N) is 1. The van der Waals surface area contributed by atoms with Gasteiger partial charge in [-0.1, -0.05) is 23.9 Å². The van der Waals surface area contributed by atoms with Gasteiger partial charge in [-0.05, 0) is 25.0 Å². The third-order valence-corrected chi connectivity index (χ3v) is 4.70. The number of hydrogen-bond donors (Lipinski definition) is 1. The zero-order chi connectivity index (χ0) is 14.7. The highest BCUT2D eigenvalue weighted by Gasteiger charge is 2.24. The Kier molecular flexibility index (Phi) is 4.34. The minimum Gasteiger partial charge on any atom is -0.370 e. The van der Waals surface area contributed by atoms with Gasteiger partial charge < -0.3 is 15.1 Å². The predicted octanol–water partition coefficient (Wildman–Crippen LogP) is 2.39. The first-order valence-corrected chi connectivity index (χ1v) is 8.28. The van der Waals surface area contributed by atoms with E-state index in [2.05, 4.69) is 10.2 Å².